The summed E-state index contributed by atoms with van der Waals surface area (Å²) in [5.74, 6) is 2.00. The van der Waals surface area contributed by atoms with E-state index in [1.807, 2.05) is 0 Å². The highest BCUT2D eigenvalue weighted by Gasteiger charge is 2.21. The van der Waals surface area contributed by atoms with Crippen LogP contribution in [0.3, 0.4) is 0 Å². The number of hydrogen-bond acceptors (Lipinski definition) is 2. The van der Waals surface area contributed by atoms with Gasteiger partial charge in [0.05, 0.1) is 6.61 Å². The van der Waals surface area contributed by atoms with E-state index in [9.17, 15) is 0 Å². The molecule has 0 saturated heterocycles. The zero-order valence-corrected chi connectivity index (χ0v) is 11.2. The van der Waals surface area contributed by atoms with Crippen LogP contribution in [0.1, 0.15) is 44.6 Å². The normalized spacial score (nSPS) is 26.5. The molecule has 1 saturated carbocycles. The van der Waals surface area contributed by atoms with Gasteiger partial charge in [0, 0.05) is 18.2 Å². The number of rotatable bonds is 3. The van der Waals surface area contributed by atoms with E-state index in [1.165, 1.54) is 43.4 Å². The minimum absolute atomic E-state index is 0.670. The number of ether oxygens (including phenoxy) is 1. The minimum Gasteiger partial charge on any atom is -0.493 e. The van der Waals surface area contributed by atoms with Crippen LogP contribution in [0, 0.1) is 5.92 Å². The Labute approximate surface area is 110 Å². The zero-order chi connectivity index (χ0) is 12.4. The van der Waals surface area contributed by atoms with Gasteiger partial charge in [-0.1, -0.05) is 26.2 Å². The summed E-state index contributed by atoms with van der Waals surface area (Å²) in [5, 5.41) is 3.72. The molecule has 0 aromatic heterocycles. The fourth-order valence-corrected chi connectivity index (χ4v) is 3.30. The molecule has 1 heterocycles. The molecule has 18 heavy (non-hydrogen) atoms. The topological polar surface area (TPSA) is 21.3 Å². The molecule has 2 aliphatic rings. The summed E-state index contributed by atoms with van der Waals surface area (Å²) in [7, 11) is 0. The summed E-state index contributed by atoms with van der Waals surface area (Å²) >= 11 is 0. The van der Waals surface area contributed by atoms with Gasteiger partial charge in [0.15, 0.2) is 0 Å². The number of fused-ring (bicyclic) bond motifs is 1. The van der Waals surface area contributed by atoms with Crippen LogP contribution < -0.4 is 10.1 Å². The van der Waals surface area contributed by atoms with E-state index in [0.29, 0.717) is 6.04 Å². The van der Waals surface area contributed by atoms with Crippen LogP contribution >= 0.6 is 0 Å². The molecule has 0 radical (unpaired) electrons. The standard InChI is InChI=1S/C16H23NO/c1-2-12-4-3-5-14(10-12)17-15-6-7-16-13(11-15)8-9-18-16/h6-7,11-12,14,17H,2-5,8-10H2,1H3. The third kappa shape index (κ3) is 2.47. The van der Waals surface area contributed by atoms with Crippen molar-refractivity contribution in [2.75, 3.05) is 11.9 Å². The summed E-state index contributed by atoms with van der Waals surface area (Å²) < 4.78 is 5.55. The average Bonchev–Trinajstić information content (AvgIpc) is 2.86. The van der Waals surface area contributed by atoms with Gasteiger partial charge in [-0.05, 0) is 42.5 Å². The second-order valence-electron chi connectivity index (χ2n) is 5.70. The molecule has 2 nitrogen and oxygen atoms in total. The van der Waals surface area contributed by atoms with E-state index < -0.39 is 0 Å². The van der Waals surface area contributed by atoms with Crippen LogP contribution in [0.25, 0.3) is 0 Å². The maximum Gasteiger partial charge on any atom is 0.122 e. The van der Waals surface area contributed by atoms with Crippen LogP contribution in [0.5, 0.6) is 5.75 Å². The maximum absolute atomic E-state index is 5.55. The molecular formula is C16H23NO. The van der Waals surface area contributed by atoms with Gasteiger partial charge in [-0.15, -0.1) is 0 Å². The van der Waals surface area contributed by atoms with Crippen molar-refractivity contribution in [3.8, 4) is 5.75 Å². The molecule has 0 bridgehead atoms. The first-order valence-corrected chi connectivity index (χ1v) is 7.37. The first-order valence-electron chi connectivity index (χ1n) is 7.37. The van der Waals surface area contributed by atoms with Gasteiger partial charge in [0.2, 0.25) is 0 Å². The lowest BCUT2D eigenvalue weighted by Gasteiger charge is -2.30. The second-order valence-corrected chi connectivity index (χ2v) is 5.70. The van der Waals surface area contributed by atoms with Crippen molar-refractivity contribution in [3.63, 3.8) is 0 Å². The van der Waals surface area contributed by atoms with E-state index in [0.717, 1.165) is 24.7 Å². The SMILES string of the molecule is CCC1CCCC(Nc2ccc3c(c2)CCO3)C1. The highest BCUT2D eigenvalue weighted by molar-refractivity contribution is 5.53. The van der Waals surface area contributed by atoms with Crippen LogP contribution in [-0.4, -0.2) is 12.6 Å². The van der Waals surface area contributed by atoms with Crippen molar-refractivity contribution in [1.29, 1.82) is 0 Å². The van der Waals surface area contributed by atoms with Gasteiger partial charge in [-0.25, -0.2) is 0 Å². The van der Waals surface area contributed by atoms with Crippen molar-refractivity contribution < 1.29 is 4.74 Å². The quantitative estimate of drug-likeness (QED) is 0.869. The molecule has 2 atom stereocenters. The molecule has 1 aliphatic carbocycles. The van der Waals surface area contributed by atoms with E-state index in [2.05, 4.69) is 30.4 Å². The lowest BCUT2D eigenvalue weighted by Crippen LogP contribution is -2.27. The number of hydrogen-bond donors (Lipinski definition) is 1. The Morgan fingerprint density at radius 1 is 1.33 bits per heavy atom. The van der Waals surface area contributed by atoms with E-state index >= 15 is 0 Å². The Morgan fingerprint density at radius 3 is 3.17 bits per heavy atom. The summed E-state index contributed by atoms with van der Waals surface area (Å²) in [6.45, 7) is 3.17. The minimum atomic E-state index is 0.670. The van der Waals surface area contributed by atoms with E-state index in [-0.39, 0.29) is 0 Å². The molecule has 0 amide bonds. The highest BCUT2D eigenvalue weighted by atomic mass is 16.5. The predicted octanol–water partition coefficient (Wildman–Crippen LogP) is 4.00. The molecular weight excluding hydrogens is 222 g/mol. The fourth-order valence-electron chi connectivity index (χ4n) is 3.30. The van der Waals surface area contributed by atoms with Crippen molar-refractivity contribution in [3.05, 3.63) is 23.8 Å². The number of benzene rings is 1. The lowest BCUT2D eigenvalue weighted by atomic mass is 9.84. The first-order chi connectivity index (χ1) is 8.85. The third-order valence-electron chi connectivity index (χ3n) is 4.42. The van der Waals surface area contributed by atoms with Crippen molar-refractivity contribution in [1.82, 2.24) is 0 Å². The summed E-state index contributed by atoms with van der Waals surface area (Å²) in [5.41, 5.74) is 2.64. The monoisotopic (exact) mass is 245 g/mol. The van der Waals surface area contributed by atoms with Crippen LogP contribution in [0.15, 0.2) is 18.2 Å². The Morgan fingerprint density at radius 2 is 2.28 bits per heavy atom. The fraction of sp³-hybridized carbons (Fsp3) is 0.625. The highest BCUT2D eigenvalue weighted by Crippen LogP contribution is 2.31. The number of nitrogens with one attached hydrogen (secondary N) is 1. The van der Waals surface area contributed by atoms with Crippen molar-refractivity contribution in [2.24, 2.45) is 5.92 Å². The molecule has 1 N–H and O–H groups in total. The third-order valence-corrected chi connectivity index (χ3v) is 4.42. The Bertz CT molecular complexity index is 416. The van der Waals surface area contributed by atoms with Crippen LogP contribution in [0.4, 0.5) is 5.69 Å². The largest absolute Gasteiger partial charge is 0.493 e. The average molecular weight is 245 g/mol. The van der Waals surface area contributed by atoms with Gasteiger partial charge in [-0.2, -0.15) is 0 Å². The van der Waals surface area contributed by atoms with E-state index in [1.54, 1.807) is 0 Å². The summed E-state index contributed by atoms with van der Waals surface area (Å²) in [6, 6.07) is 7.23. The molecule has 3 rings (SSSR count). The van der Waals surface area contributed by atoms with Gasteiger partial charge in [0.25, 0.3) is 0 Å². The first kappa shape index (κ1) is 11.9. The Hall–Kier alpha value is -1.18. The molecule has 1 aliphatic heterocycles. The molecule has 0 spiro atoms. The molecule has 1 aromatic carbocycles. The Kier molecular flexibility index (Phi) is 3.44. The molecule has 1 fully saturated rings. The van der Waals surface area contributed by atoms with Gasteiger partial charge in [0.1, 0.15) is 5.75 Å². The van der Waals surface area contributed by atoms with Crippen molar-refractivity contribution in [2.45, 2.75) is 51.5 Å². The second kappa shape index (κ2) is 5.21. The van der Waals surface area contributed by atoms with Gasteiger partial charge in [-0.3, -0.25) is 0 Å². The molecule has 98 valence electrons. The van der Waals surface area contributed by atoms with Gasteiger partial charge < -0.3 is 10.1 Å². The lowest BCUT2D eigenvalue weighted by molar-refractivity contribution is 0.327. The molecule has 2 unspecified atom stereocenters. The van der Waals surface area contributed by atoms with E-state index in [4.69, 9.17) is 4.74 Å². The number of anilines is 1. The molecule has 2 heteroatoms. The van der Waals surface area contributed by atoms with Gasteiger partial charge >= 0.3 is 0 Å². The summed E-state index contributed by atoms with van der Waals surface area (Å²) in [6.07, 6.45) is 7.86. The maximum atomic E-state index is 5.55. The zero-order valence-electron chi connectivity index (χ0n) is 11.2. The Balaban J connectivity index is 1.65. The van der Waals surface area contributed by atoms with Crippen LogP contribution in [-0.2, 0) is 6.42 Å². The summed E-state index contributed by atoms with van der Waals surface area (Å²) in [4.78, 5) is 0. The van der Waals surface area contributed by atoms with Crippen LogP contribution in [0.2, 0.25) is 0 Å². The smallest absolute Gasteiger partial charge is 0.122 e. The predicted molar refractivity (Wildman–Crippen MR) is 75.3 cm³/mol. The molecule has 1 aromatic rings. The van der Waals surface area contributed by atoms with Crippen molar-refractivity contribution >= 4 is 5.69 Å².